The molecule has 1 N–H and O–H groups in total. The van der Waals surface area contributed by atoms with Crippen LogP contribution in [0.25, 0.3) is 0 Å². The van der Waals surface area contributed by atoms with Crippen molar-refractivity contribution < 1.29 is 5.11 Å². The number of aliphatic hydroxyl groups is 1. The third-order valence-corrected chi connectivity index (χ3v) is 1.09. The molecule has 2 radical (unpaired) electrons. The van der Waals surface area contributed by atoms with E-state index < -0.39 is 0 Å². The average molecular weight is 122 g/mol. The summed E-state index contributed by atoms with van der Waals surface area (Å²) in [6.07, 6.45) is 1.66. The van der Waals surface area contributed by atoms with Gasteiger partial charge in [-0.1, -0.05) is 5.46 Å². The monoisotopic (exact) mass is 122 g/mol. The van der Waals surface area contributed by atoms with Gasteiger partial charge in [-0.05, 0) is 0 Å². The Morgan fingerprint density at radius 2 is 2.56 bits per heavy atom. The van der Waals surface area contributed by atoms with Gasteiger partial charge < -0.3 is 5.11 Å². The fourth-order valence-corrected chi connectivity index (χ4v) is 0.676. The van der Waals surface area contributed by atoms with E-state index in [-0.39, 0.29) is 6.61 Å². The molecule has 9 heavy (non-hydrogen) atoms. The molecule has 0 amide bonds. The normalized spacial score (nSPS) is 10.0. The van der Waals surface area contributed by atoms with Crippen LogP contribution < -0.4 is 5.46 Å². The lowest BCUT2D eigenvalue weighted by Gasteiger charge is -1.86. The van der Waals surface area contributed by atoms with Crippen LogP contribution >= 0.6 is 0 Å². The second-order valence-corrected chi connectivity index (χ2v) is 1.86. The third kappa shape index (κ3) is 1.13. The predicted molar refractivity (Wildman–Crippen MR) is 34.5 cm³/mol. The van der Waals surface area contributed by atoms with Gasteiger partial charge in [-0.15, -0.1) is 0 Å². The van der Waals surface area contributed by atoms with Gasteiger partial charge in [-0.25, -0.2) is 0 Å². The van der Waals surface area contributed by atoms with E-state index in [9.17, 15) is 0 Å². The number of rotatable bonds is 1. The first-order chi connectivity index (χ1) is 4.24. The number of aryl methyl sites for hydroxylation is 1. The average Bonchev–Trinajstić information content (AvgIpc) is 2.10. The van der Waals surface area contributed by atoms with Crippen LogP contribution in [0, 0.1) is 0 Å². The van der Waals surface area contributed by atoms with Crippen LogP contribution in [0.5, 0.6) is 0 Å². The van der Waals surface area contributed by atoms with Crippen molar-refractivity contribution in [2.45, 2.75) is 6.61 Å². The summed E-state index contributed by atoms with van der Waals surface area (Å²) in [5.74, 6) is 0. The first-order valence-electron chi connectivity index (χ1n) is 2.63. The molecule has 0 bridgehead atoms. The molecule has 3 nitrogen and oxygen atoms in total. The SMILES string of the molecule is [B]c1cn(C)nc1CO. The molecule has 0 spiro atoms. The second kappa shape index (κ2) is 2.23. The molecule has 0 saturated carbocycles. The summed E-state index contributed by atoms with van der Waals surface area (Å²) in [5.41, 5.74) is 1.08. The van der Waals surface area contributed by atoms with Crippen molar-refractivity contribution in [3.05, 3.63) is 11.9 Å². The quantitative estimate of drug-likeness (QED) is 0.470. The fraction of sp³-hybridized carbons (Fsp3) is 0.400. The van der Waals surface area contributed by atoms with E-state index in [2.05, 4.69) is 5.10 Å². The Balaban J connectivity index is 3.01. The maximum atomic E-state index is 8.58. The van der Waals surface area contributed by atoms with Gasteiger partial charge in [0.1, 0.15) is 7.85 Å². The highest BCUT2D eigenvalue weighted by atomic mass is 16.3. The van der Waals surface area contributed by atoms with Gasteiger partial charge in [-0.2, -0.15) is 5.10 Å². The summed E-state index contributed by atoms with van der Waals surface area (Å²) in [7, 11) is 7.17. The molecule has 0 aliphatic heterocycles. The molecule has 0 aliphatic rings. The lowest BCUT2D eigenvalue weighted by Crippen LogP contribution is -2.05. The Kier molecular flexibility index (Phi) is 1.57. The van der Waals surface area contributed by atoms with E-state index in [1.54, 1.807) is 17.9 Å². The van der Waals surface area contributed by atoms with Crippen molar-refractivity contribution in [2.24, 2.45) is 7.05 Å². The molecule has 0 aliphatic carbocycles. The van der Waals surface area contributed by atoms with E-state index in [0.29, 0.717) is 11.2 Å². The molecule has 46 valence electrons. The Morgan fingerprint density at radius 3 is 2.78 bits per heavy atom. The lowest BCUT2D eigenvalue weighted by molar-refractivity contribution is 0.276. The van der Waals surface area contributed by atoms with Gasteiger partial charge >= 0.3 is 0 Å². The number of nitrogens with zero attached hydrogens (tertiary/aromatic N) is 2. The molecule has 4 heteroatoms. The third-order valence-electron chi connectivity index (χ3n) is 1.09. The summed E-state index contributed by atoms with van der Waals surface area (Å²) in [5, 5.41) is 12.4. The van der Waals surface area contributed by atoms with Gasteiger partial charge in [-0.3, -0.25) is 4.68 Å². The molecule has 1 aromatic heterocycles. The topological polar surface area (TPSA) is 38.0 Å². The summed E-state index contributed by atoms with van der Waals surface area (Å²) >= 11 is 0. The molecular formula is C5H7BN2O. The van der Waals surface area contributed by atoms with Crippen LogP contribution in [0.3, 0.4) is 0 Å². The van der Waals surface area contributed by atoms with Crippen molar-refractivity contribution in [3.8, 4) is 0 Å². The summed E-state index contributed by atoms with van der Waals surface area (Å²) in [4.78, 5) is 0. The van der Waals surface area contributed by atoms with Gasteiger partial charge in [0, 0.05) is 13.2 Å². The number of aliphatic hydroxyl groups excluding tert-OH is 1. The van der Waals surface area contributed by atoms with Crippen LogP contribution in [0.4, 0.5) is 0 Å². The van der Waals surface area contributed by atoms with Crippen molar-refractivity contribution >= 4 is 13.3 Å². The molecule has 1 rings (SSSR count). The standard InChI is InChI=1S/C5H7BN2O/c1-8-2-4(6)5(3-9)7-8/h2,9H,3H2,1H3. The number of hydrogen-bond acceptors (Lipinski definition) is 2. The highest BCUT2D eigenvalue weighted by molar-refractivity contribution is 6.32. The van der Waals surface area contributed by atoms with Crippen molar-refractivity contribution in [3.63, 3.8) is 0 Å². The van der Waals surface area contributed by atoms with Crippen molar-refractivity contribution in [1.29, 1.82) is 0 Å². The van der Waals surface area contributed by atoms with Gasteiger partial charge in [0.05, 0.1) is 12.3 Å². The van der Waals surface area contributed by atoms with Gasteiger partial charge in [0.15, 0.2) is 0 Å². The maximum absolute atomic E-state index is 8.58. The summed E-state index contributed by atoms with van der Waals surface area (Å²) in [6.45, 7) is -0.0906. The molecule has 0 aromatic carbocycles. The minimum atomic E-state index is -0.0906. The van der Waals surface area contributed by atoms with Crippen LogP contribution in [0.15, 0.2) is 6.20 Å². The van der Waals surface area contributed by atoms with Crippen LogP contribution in [0.2, 0.25) is 0 Å². The van der Waals surface area contributed by atoms with Crippen LogP contribution in [-0.4, -0.2) is 22.7 Å². The molecule has 0 saturated heterocycles. The predicted octanol–water partition coefficient (Wildman–Crippen LogP) is -1.29. The van der Waals surface area contributed by atoms with Crippen LogP contribution in [0.1, 0.15) is 5.69 Å². The largest absolute Gasteiger partial charge is 0.390 e. The van der Waals surface area contributed by atoms with E-state index in [4.69, 9.17) is 13.0 Å². The molecule has 0 atom stereocenters. The van der Waals surface area contributed by atoms with Crippen molar-refractivity contribution in [1.82, 2.24) is 9.78 Å². The summed E-state index contributed by atoms with van der Waals surface area (Å²) in [6, 6.07) is 0. The highest BCUT2D eigenvalue weighted by Gasteiger charge is 1.98. The van der Waals surface area contributed by atoms with E-state index in [1.165, 1.54) is 0 Å². The molecule has 0 unspecified atom stereocenters. The lowest BCUT2D eigenvalue weighted by atomic mass is 9.98. The van der Waals surface area contributed by atoms with Gasteiger partial charge in [0.2, 0.25) is 0 Å². The maximum Gasteiger partial charge on any atom is 0.118 e. The Morgan fingerprint density at radius 1 is 1.89 bits per heavy atom. The summed E-state index contributed by atoms with van der Waals surface area (Å²) < 4.78 is 1.57. The number of hydrogen-bond donors (Lipinski definition) is 1. The molecule has 1 heterocycles. The van der Waals surface area contributed by atoms with Crippen molar-refractivity contribution in [2.75, 3.05) is 0 Å². The first kappa shape index (κ1) is 6.36. The second-order valence-electron chi connectivity index (χ2n) is 1.86. The molecular weight excluding hydrogens is 115 g/mol. The first-order valence-corrected chi connectivity index (χ1v) is 2.63. The fourth-order valence-electron chi connectivity index (χ4n) is 0.676. The zero-order valence-corrected chi connectivity index (χ0v) is 5.20. The van der Waals surface area contributed by atoms with Gasteiger partial charge in [0.25, 0.3) is 0 Å². The zero-order valence-electron chi connectivity index (χ0n) is 5.20. The highest BCUT2D eigenvalue weighted by Crippen LogP contribution is 1.86. The van der Waals surface area contributed by atoms with E-state index in [0.717, 1.165) is 0 Å². The smallest absolute Gasteiger partial charge is 0.118 e. The molecule has 1 aromatic rings. The zero-order chi connectivity index (χ0) is 6.85. The Labute approximate surface area is 54.7 Å². The minimum absolute atomic E-state index is 0.0906. The van der Waals surface area contributed by atoms with E-state index >= 15 is 0 Å². The van der Waals surface area contributed by atoms with Crippen LogP contribution in [-0.2, 0) is 13.7 Å². The van der Waals surface area contributed by atoms with E-state index in [1.807, 2.05) is 0 Å². The minimum Gasteiger partial charge on any atom is -0.390 e. The number of aromatic nitrogens is 2. The Bertz CT molecular complexity index is 209. The molecule has 0 fully saturated rings. The Hall–Kier alpha value is -0.765.